The second kappa shape index (κ2) is 5.47. The number of carbonyl (C=O) groups is 1. The molecule has 1 fully saturated rings. The molecule has 1 aromatic rings. The summed E-state index contributed by atoms with van der Waals surface area (Å²) < 4.78 is 13.4. The van der Waals surface area contributed by atoms with Crippen LogP contribution in [0.3, 0.4) is 0 Å². The minimum atomic E-state index is -0.393. The molecular formula is C14H18ClFN2O. The molecule has 5 heteroatoms. The van der Waals surface area contributed by atoms with Gasteiger partial charge in [-0.1, -0.05) is 11.6 Å². The molecule has 1 heterocycles. The highest BCUT2D eigenvalue weighted by molar-refractivity contribution is 6.33. The Morgan fingerprint density at radius 3 is 2.84 bits per heavy atom. The molecule has 0 bridgehead atoms. The van der Waals surface area contributed by atoms with Gasteiger partial charge in [0.25, 0.3) is 5.91 Å². The van der Waals surface area contributed by atoms with Crippen molar-refractivity contribution < 1.29 is 9.18 Å². The Hall–Kier alpha value is -1.13. The van der Waals surface area contributed by atoms with E-state index in [1.807, 2.05) is 6.92 Å². The molecule has 2 rings (SSSR count). The number of hydrogen-bond donors (Lipinski definition) is 1. The summed E-state index contributed by atoms with van der Waals surface area (Å²) in [4.78, 5) is 14.3. The van der Waals surface area contributed by atoms with Crippen molar-refractivity contribution in [2.75, 3.05) is 13.1 Å². The van der Waals surface area contributed by atoms with Gasteiger partial charge in [0.1, 0.15) is 5.82 Å². The number of halogens is 2. The fourth-order valence-corrected chi connectivity index (χ4v) is 2.80. The lowest BCUT2D eigenvalue weighted by atomic mass is 10.1. The monoisotopic (exact) mass is 284 g/mol. The van der Waals surface area contributed by atoms with Gasteiger partial charge in [0.15, 0.2) is 0 Å². The normalized spacial score (nSPS) is 22.9. The summed E-state index contributed by atoms with van der Waals surface area (Å²) in [5, 5.41) is 0.163. The van der Waals surface area contributed by atoms with Crippen LogP contribution >= 0.6 is 11.6 Å². The number of carbonyl (C=O) groups excluding carboxylic acids is 1. The van der Waals surface area contributed by atoms with Crippen molar-refractivity contribution in [3.05, 3.63) is 34.1 Å². The molecule has 2 N–H and O–H groups in total. The number of aryl methyl sites for hydroxylation is 1. The van der Waals surface area contributed by atoms with Crippen LogP contribution in [0.5, 0.6) is 0 Å². The van der Waals surface area contributed by atoms with Gasteiger partial charge in [-0.05, 0) is 50.4 Å². The zero-order chi connectivity index (χ0) is 14.2. The molecule has 1 amide bonds. The number of amides is 1. The molecule has 2 unspecified atom stereocenters. The Labute approximate surface area is 117 Å². The maximum Gasteiger partial charge on any atom is 0.255 e. The molecule has 0 saturated carbocycles. The van der Waals surface area contributed by atoms with E-state index < -0.39 is 5.82 Å². The van der Waals surface area contributed by atoms with Gasteiger partial charge >= 0.3 is 0 Å². The molecule has 1 aromatic carbocycles. The van der Waals surface area contributed by atoms with Crippen molar-refractivity contribution >= 4 is 17.5 Å². The summed E-state index contributed by atoms with van der Waals surface area (Å²) in [6.07, 6.45) is 0.903. The van der Waals surface area contributed by atoms with Gasteiger partial charge in [0, 0.05) is 12.6 Å². The highest BCUT2D eigenvalue weighted by Crippen LogP contribution is 2.27. The van der Waals surface area contributed by atoms with Crippen LogP contribution in [0.4, 0.5) is 4.39 Å². The smallest absolute Gasteiger partial charge is 0.255 e. The van der Waals surface area contributed by atoms with E-state index in [-0.39, 0.29) is 17.0 Å². The van der Waals surface area contributed by atoms with Crippen LogP contribution in [0, 0.1) is 18.7 Å². The lowest BCUT2D eigenvalue weighted by molar-refractivity contribution is 0.0743. The van der Waals surface area contributed by atoms with E-state index in [0.29, 0.717) is 30.1 Å². The third-order valence-corrected chi connectivity index (χ3v) is 4.05. The van der Waals surface area contributed by atoms with Gasteiger partial charge < -0.3 is 10.6 Å². The molecule has 3 nitrogen and oxygen atoms in total. The number of nitrogens with zero attached hydrogens (tertiary/aromatic N) is 1. The lowest BCUT2D eigenvalue weighted by Crippen LogP contribution is -2.34. The molecule has 0 aliphatic carbocycles. The van der Waals surface area contributed by atoms with E-state index in [4.69, 9.17) is 17.3 Å². The number of likely N-dealkylation sites (tertiary alicyclic amines) is 1. The Morgan fingerprint density at radius 2 is 2.26 bits per heavy atom. The second-order valence-electron chi connectivity index (χ2n) is 5.23. The Kier molecular flexibility index (Phi) is 4.11. The van der Waals surface area contributed by atoms with Crippen LogP contribution in [-0.2, 0) is 0 Å². The van der Waals surface area contributed by atoms with Gasteiger partial charge in [-0.15, -0.1) is 0 Å². The van der Waals surface area contributed by atoms with Crippen molar-refractivity contribution in [2.24, 2.45) is 11.7 Å². The standard InChI is InChI=1S/C14H18ClFN2O/c1-8-3-11(12(15)5-13(8)16)14(19)18-7-10(6-17)4-9(18)2/h3,5,9-10H,4,6-7,17H2,1-2H3. The molecule has 0 radical (unpaired) electrons. The average Bonchev–Trinajstić information content (AvgIpc) is 2.74. The average molecular weight is 285 g/mol. The van der Waals surface area contributed by atoms with E-state index in [9.17, 15) is 9.18 Å². The van der Waals surface area contributed by atoms with Crippen LogP contribution in [0.15, 0.2) is 12.1 Å². The topological polar surface area (TPSA) is 46.3 Å². The number of nitrogens with two attached hydrogens (primary N) is 1. The Balaban J connectivity index is 2.27. The maximum atomic E-state index is 13.4. The van der Waals surface area contributed by atoms with Gasteiger partial charge in [0.05, 0.1) is 10.6 Å². The summed E-state index contributed by atoms with van der Waals surface area (Å²) in [5.74, 6) is -0.202. The fourth-order valence-electron chi connectivity index (χ4n) is 2.57. The summed E-state index contributed by atoms with van der Waals surface area (Å²) in [5.41, 5.74) is 6.45. The van der Waals surface area contributed by atoms with Crippen molar-refractivity contribution in [2.45, 2.75) is 26.3 Å². The van der Waals surface area contributed by atoms with Crippen molar-refractivity contribution in [1.29, 1.82) is 0 Å². The molecule has 1 saturated heterocycles. The zero-order valence-electron chi connectivity index (χ0n) is 11.1. The predicted octanol–water partition coefficient (Wildman–Crippen LogP) is 2.60. The van der Waals surface area contributed by atoms with Crippen LogP contribution in [0.2, 0.25) is 5.02 Å². The molecule has 1 aliphatic heterocycles. The molecule has 19 heavy (non-hydrogen) atoms. The van der Waals surface area contributed by atoms with Crippen LogP contribution in [0.1, 0.15) is 29.3 Å². The van der Waals surface area contributed by atoms with E-state index in [2.05, 4.69) is 0 Å². The highest BCUT2D eigenvalue weighted by atomic mass is 35.5. The highest BCUT2D eigenvalue weighted by Gasteiger charge is 2.33. The van der Waals surface area contributed by atoms with Crippen molar-refractivity contribution in [3.8, 4) is 0 Å². The summed E-state index contributed by atoms with van der Waals surface area (Å²) in [6.45, 7) is 4.84. The maximum absolute atomic E-state index is 13.4. The summed E-state index contributed by atoms with van der Waals surface area (Å²) in [7, 11) is 0. The molecule has 0 spiro atoms. The first-order chi connectivity index (χ1) is 8.93. The van der Waals surface area contributed by atoms with Crippen molar-refractivity contribution in [1.82, 2.24) is 4.90 Å². The lowest BCUT2D eigenvalue weighted by Gasteiger charge is -2.22. The zero-order valence-corrected chi connectivity index (χ0v) is 11.9. The Bertz CT molecular complexity index is 506. The van der Waals surface area contributed by atoms with E-state index in [0.717, 1.165) is 6.42 Å². The van der Waals surface area contributed by atoms with Gasteiger partial charge in [-0.3, -0.25) is 4.79 Å². The third-order valence-electron chi connectivity index (χ3n) is 3.73. The number of benzene rings is 1. The third kappa shape index (κ3) is 2.74. The largest absolute Gasteiger partial charge is 0.336 e. The van der Waals surface area contributed by atoms with Crippen LogP contribution in [0.25, 0.3) is 0 Å². The van der Waals surface area contributed by atoms with Gasteiger partial charge in [-0.2, -0.15) is 0 Å². The van der Waals surface area contributed by atoms with Crippen LogP contribution in [-0.4, -0.2) is 29.9 Å². The molecular weight excluding hydrogens is 267 g/mol. The van der Waals surface area contributed by atoms with E-state index >= 15 is 0 Å². The quantitative estimate of drug-likeness (QED) is 0.907. The summed E-state index contributed by atoms with van der Waals surface area (Å²) in [6, 6.07) is 2.86. The Morgan fingerprint density at radius 1 is 1.58 bits per heavy atom. The molecule has 1 aliphatic rings. The molecule has 0 aromatic heterocycles. The molecule has 2 atom stereocenters. The van der Waals surface area contributed by atoms with Crippen LogP contribution < -0.4 is 5.73 Å². The minimum Gasteiger partial charge on any atom is -0.336 e. The fraction of sp³-hybridized carbons (Fsp3) is 0.500. The first kappa shape index (κ1) is 14.3. The van der Waals surface area contributed by atoms with Crippen molar-refractivity contribution in [3.63, 3.8) is 0 Å². The summed E-state index contributed by atoms with van der Waals surface area (Å²) >= 11 is 5.98. The second-order valence-corrected chi connectivity index (χ2v) is 5.63. The van der Waals surface area contributed by atoms with Gasteiger partial charge in [0.2, 0.25) is 0 Å². The van der Waals surface area contributed by atoms with Gasteiger partial charge in [-0.25, -0.2) is 4.39 Å². The minimum absolute atomic E-state index is 0.141. The van der Waals surface area contributed by atoms with E-state index in [1.54, 1.807) is 11.8 Å². The van der Waals surface area contributed by atoms with E-state index in [1.165, 1.54) is 12.1 Å². The predicted molar refractivity (Wildman–Crippen MR) is 73.8 cm³/mol. The number of rotatable bonds is 2. The first-order valence-electron chi connectivity index (χ1n) is 6.40. The molecule has 104 valence electrons. The first-order valence-corrected chi connectivity index (χ1v) is 6.78. The SMILES string of the molecule is Cc1cc(C(=O)N2CC(CN)CC2C)c(Cl)cc1F. The number of hydrogen-bond acceptors (Lipinski definition) is 2.